The van der Waals surface area contributed by atoms with Crippen molar-refractivity contribution in [3.8, 4) is 5.75 Å². The summed E-state index contributed by atoms with van der Waals surface area (Å²) in [5.74, 6) is 0.199. The summed E-state index contributed by atoms with van der Waals surface area (Å²) in [6.45, 7) is 5.48. The molecule has 0 aliphatic heterocycles. The molecule has 7 heteroatoms. The molecule has 0 radical (unpaired) electrons. The van der Waals surface area contributed by atoms with E-state index in [2.05, 4.69) is 5.32 Å². The second-order valence-electron chi connectivity index (χ2n) is 7.85. The lowest BCUT2D eigenvalue weighted by Gasteiger charge is -2.21. The van der Waals surface area contributed by atoms with Crippen LogP contribution in [0.3, 0.4) is 0 Å². The van der Waals surface area contributed by atoms with Crippen LogP contribution >= 0.6 is 11.6 Å². The number of alkyl carbamates (subject to hydrolysis) is 1. The maximum Gasteiger partial charge on any atom is 0.407 e. The number of nitrogens with one attached hydrogen (secondary N) is 1. The van der Waals surface area contributed by atoms with Gasteiger partial charge in [0.05, 0.1) is 19.6 Å². The third-order valence-electron chi connectivity index (χ3n) is 4.03. The third kappa shape index (κ3) is 9.13. The van der Waals surface area contributed by atoms with Crippen LogP contribution in [-0.4, -0.2) is 30.8 Å². The first-order chi connectivity index (χ1) is 14.7. The SMILES string of the molecule is COc1ccc(Cl)c(/C=C/[C@@H](CC(=O)OC(C)(C)C)NC(=O)OCc2ccccc2)c1. The molecule has 6 nitrogen and oxygen atoms in total. The zero-order valence-corrected chi connectivity index (χ0v) is 18.9. The van der Waals surface area contributed by atoms with Crippen molar-refractivity contribution in [1.82, 2.24) is 5.32 Å². The van der Waals surface area contributed by atoms with E-state index >= 15 is 0 Å². The van der Waals surface area contributed by atoms with E-state index in [1.165, 1.54) is 0 Å². The number of carbonyl (C=O) groups excluding carboxylic acids is 2. The molecule has 0 aromatic heterocycles. The van der Waals surface area contributed by atoms with Crippen molar-refractivity contribution in [2.24, 2.45) is 0 Å². The van der Waals surface area contributed by atoms with Crippen LogP contribution < -0.4 is 10.1 Å². The molecule has 0 unspecified atom stereocenters. The van der Waals surface area contributed by atoms with Gasteiger partial charge in [-0.1, -0.05) is 54.1 Å². The standard InChI is InChI=1S/C24H28ClNO5/c1-24(2,3)31-22(27)15-19(11-10-18-14-20(29-4)12-13-21(18)25)26-23(28)30-16-17-8-6-5-7-9-17/h5-14,19H,15-16H2,1-4H3,(H,26,28)/b11-10+/t19-/m0/s1. The van der Waals surface area contributed by atoms with E-state index in [4.69, 9.17) is 25.8 Å². The van der Waals surface area contributed by atoms with Gasteiger partial charge in [-0.2, -0.15) is 0 Å². The number of methoxy groups -OCH3 is 1. The summed E-state index contributed by atoms with van der Waals surface area (Å²) in [5, 5.41) is 3.21. The number of amides is 1. The number of carbonyl (C=O) groups is 2. The fraction of sp³-hybridized carbons (Fsp3) is 0.333. The summed E-state index contributed by atoms with van der Waals surface area (Å²) < 4.78 is 15.9. The third-order valence-corrected chi connectivity index (χ3v) is 4.38. The molecule has 0 fully saturated rings. The van der Waals surface area contributed by atoms with Gasteiger partial charge in [-0.3, -0.25) is 4.79 Å². The summed E-state index contributed by atoms with van der Waals surface area (Å²) in [5.41, 5.74) is 0.921. The summed E-state index contributed by atoms with van der Waals surface area (Å²) in [6, 6.07) is 13.9. The van der Waals surface area contributed by atoms with Crippen molar-refractivity contribution in [1.29, 1.82) is 0 Å². The molecule has 0 heterocycles. The molecule has 0 aliphatic rings. The fourth-order valence-corrected chi connectivity index (χ4v) is 2.82. The summed E-state index contributed by atoms with van der Waals surface area (Å²) in [6.07, 6.45) is 2.69. The van der Waals surface area contributed by atoms with E-state index in [9.17, 15) is 9.59 Å². The first-order valence-electron chi connectivity index (χ1n) is 9.87. The van der Waals surface area contributed by atoms with Crippen LogP contribution in [0.15, 0.2) is 54.6 Å². The van der Waals surface area contributed by atoms with Gasteiger partial charge in [0.2, 0.25) is 0 Å². The van der Waals surface area contributed by atoms with Crippen molar-refractivity contribution in [2.45, 2.75) is 45.4 Å². The first kappa shape index (κ1) is 24.3. The maximum atomic E-state index is 12.3. The quantitative estimate of drug-likeness (QED) is 0.551. The van der Waals surface area contributed by atoms with Gasteiger partial charge in [0, 0.05) is 5.02 Å². The Hall–Kier alpha value is -2.99. The van der Waals surface area contributed by atoms with E-state index in [0.717, 1.165) is 5.56 Å². The number of rotatable bonds is 8. The van der Waals surface area contributed by atoms with Gasteiger partial charge < -0.3 is 19.5 Å². The number of benzene rings is 2. The predicted molar refractivity (Wildman–Crippen MR) is 121 cm³/mol. The van der Waals surface area contributed by atoms with Crippen molar-refractivity contribution < 1.29 is 23.8 Å². The Morgan fingerprint density at radius 2 is 1.84 bits per heavy atom. The molecule has 31 heavy (non-hydrogen) atoms. The normalized spacial score (nSPS) is 12.3. The number of hydrogen-bond donors (Lipinski definition) is 1. The van der Waals surface area contributed by atoms with Crippen molar-refractivity contribution in [2.75, 3.05) is 7.11 Å². The van der Waals surface area contributed by atoms with Gasteiger partial charge in [-0.15, -0.1) is 0 Å². The van der Waals surface area contributed by atoms with Crippen LogP contribution in [0.5, 0.6) is 5.75 Å². The van der Waals surface area contributed by atoms with Gasteiger partial charge in [-0.25, -0.2) is 4.79 Å². The molecule has 1 amide bonds. The summed E-state index contributed by atoms with van der Waals surface area (Å²) >= 11 is 6.24. The largest absolute Gasteiger partial charge is 0.497 e. The lowest BCUT2D eigenvalue weighted by molar-refractivity contribution is -0.155. The van der Waals surface area contributed by atoms with Crippen LogP contribution in [0.4, 0.5) is 4.79 Å². The number of ether oxygens (including phenoxy) is 3. The predicted octanol–water partition coefficient (Wildman–Crippen LogP) is 5.39. The molecule has 166 valence electrons. The van der Waals surface area contributed by atoms with Crippen molar-refractivity contribution in [3.63, 3.8) is 0 Å². The van der Waals surface area contributed by atoms with E-state index in [1.807, 2.05) is 30.3 Å². The highest BCUT2D eigenvalue weighted by Gasteiger charge is 2.21. The first-order valence-corrected chi connectivity index (χ1v) is 10.2. The van der Waals surface area contributed by atoms with Crippen LogP contribution in [-0.2, 0) is 20.9 Å². The molecule has 2 aromatic carbocycles. The topological polar surface area (TPSA) is 73.9 Å². The second-order valence-corrected chi connectivity index (χ2v) is 8.26. The minimum absolute atomic E-state index is 0.0597. The van der Waals surface area contributed by atoms with Crippen LogP contribution in [0.2, 0.25) is 5.02 Å². The van der Waals surface area contributed by atoms with Crippen LogP contribution in [0, 0.1) is 0 Å². The molecule has 0 bridgehead atoms. The highest BCUT2D eigenvalue weighted by molar-refractivity contribution is 6.32. The average molecular weight is 446 g/mol. The minimum atomic E-state index is -0.652. The lowest BCUT2D eigenvalue weighted by Crippen LogP contribution is -2.37. The van der Waals surface area contributed by atoms with E-state index in [1.54, 1.807) is 58.2 Å². The van der Waals surface area contributed by atoms with Gasteiger partial charge in [0.25, 0.3) is 0 Å². The Morgan fingerprint density at radius 3 is 2.48 bits per heavy atom. The molecule has 1 N–H and O–H groups in total. The molecule has 0 saturated carbocycles. The van der Waals surface area contributed by atoms with Crippen molar-refractivity contribution >= 4 is 29.7 Å². The Kier molecular flexibility index (Phi) is 8.94. The van der Waals surface area contributed by atoms with Crippen LogP contribution in [0.25, 0.3) is 6.08 Å². The fourth-order valence-electron chi connectivity index (χ4n) is 2.64. The molecular formula is C24H28ClNO5. The smallest absolute Gasteiger partial charge is 0.407 e. The zero-order valence-electron chi connectivity index (χ0n) is 18.2. The summed E-state index contributed by atoms with van der Waals surface area (Å²) in [4.78, 5) is 24.6. The van der Waals surface area contributed by atoms with Crippen molar-refractivity contribution in [3.05, 3.63) is 70.8 Å². The van der Waals surface area contributed by atoms with Gasteiger partial charge in [-0.05, 0) is 50.1 Å². The molecule has 0 spiro atoms. The Morgan fingerprint density at radius 1 is 1.13 bits per heavy atom. The number of halogens is 1. The lowest BCUT2D eigenvalue weighted by atomic mass is 10.1. The average Bonchev–Trinajstić information content (AvgIpc) is 2.71. The highest BCUT2D eigenvalue weighted by atomic mass is 35.5. The van der Waals surface area contributed by atoms with Gasteiger partial charge in [0.15, 0.2) is 0 Å². The molecule has 0 aliphatic carbocycles. The molecule has 2 rings (SSSR count). The van der Waals surface area contributed by atoms with E-state index in [0.29, 0.717) is 16.3 Å². The number of esters is 1. The van der Waals surface area contributed by atoms with Gasteiger partial charge in [0.1, 0.15) is 18.0 Å². The van der Waals surface area contributed by atoms with E-state index < -0.39 is 23.7 Å². The van der Waals surface area contributed by atoms with Gasteiger partial charge >= 0.3 is 12.1 Å². The molecular weight excluding hydrogens is 418 g/mol. The highest BCUT2D eigenvalue weighted by Crippen LogP contribution is 2.23. The molecule has 0 saturated heterocycles. The van der Waals surface area contributed by atoms with E-state index in [-0.39, 0.29) is 13.0 Å². The summed E-state index contributed by atoms with van der Waals surface area (Å²) in [7, 11) is 1.56. The van der Waals surface area contributed by atoms with Crippen LogP contribution in [0.1, 0.15) is 38.3 Å². The zero-order chi connectivity index (χ0) is 22.9. The maximum absolute atomic E-state index is 12.3. The Bertz CT molecular complexity index is 906. The number of hydrogen-bond acceptors (Lipinski definition) is 5. The molecule has 2 aromatic rings. The molecule has 1 atom stereocenters. The minimum Gasteiger partial charge on any atom is -0.497 e. The Balaban J connectivity index is 2.10. The monoisotopic (exact) mass is 445 g/mol. The second kappa shape index (κ2) is 11.4. The Labute approximate surface area is 188 Å².